The molecule has 1 unspecified atom stereocenters. The predicted molar refractivity (Wildman–Crippen MR) is 77.0 cm³/mol. The van der Waals surface area contributed by atoms with Gasteiger partial charge in [-0.25, -0.2) is 4.99 Å². The monoisotopic (exact) mass is 256 g/mol. The zero-order valence-corrected chi connectivity index (χ0v) is 10.8. The summed E-state index contributed by atoms with van der Waals surface area (Å²) in [6.07, 6.45) is 0. The summed E-state index contributed by atoms with van der Waals surface area (Å²) in [5.41, 5.74) is 3.19. The summed E-state index contributed by atoms with van der Waals surface area (Å²) in [7, 11) is 2.05. The number of aliphatic imine (C=N–C) groups is 1. The first-order valence-electron chi connectivity index (χ1n) is 5.88. The van der Waals surface area contributed by atoms with Crippen LogP contribution in [-0.2, 0) is 0 Å². The number of para-hydroxylation sites is 2. The highest BCUT2D eigenvalue weighted by Crippen LogP contribution is 2.39. The van der Waals surface area contributed by atoms with Crippen molar-refractivity contribution in [3.8, 4) is 0 Å². The van der Waals surface area contributed by atoms with Crippen molar-refractivity contribution in [1.29, 1.82) is 0 Å². The second-order valence-corrected chi connectivity index (χ2v) is 4.73. The fourth-order valence-electron chi connectivity index (χ4n) is 2.33. The second kappa shape index (κ2) is 4.46. The van der Waals surface area contributed by atoms with E-state index in [4.69, 9.17) is 11.6 Å². The average Bonchev–Trinajstić information content (AvgIpc) is 2.40. The molecule has 1 atom stereocenters. The highest BCUT2D eigenvalue weighted by atomic mass is 35.5. The summed E-state index contributed by atoms with van der Waals surface area (Å²) >= 11 is 6.35. The van der Waals surface area contributed by atoms with Crippen molar-refractivity contribution in [2.75, 3.05) is 11.9 Å². The largest absolute Gasteiger partial charge is 0.359 e. The van der Waals surface area contributed by atoms with Gasteiger partial charge in [0, 0.05) is 7.05 Å². The van der Waals surface area contributed by atoms with E-state index in [9.17, 15) is 0 Å². The molecule has 3 rings (SSSR count). The molecule has 2 aromatic carbocycles. The lowest BCUT2D eigenvalue weighted by Gasteiger charge is -2.33. The SMILES string of the molecule is CN1c2ccccc2N=C(Cl)C1c1ccccc1. The van der Waals surface area contributed by atoms with Crippen molar-refractivity contribution < 1.29 is 0 Å². The van der Waals surface area contributed by atoms with Crippen molar-refractivity contribution in [1.82, 2.24) is 0 Å². The van der Waals surface area contributed by atoms with Gasteiger partial charge in [-0.2, -0.15) is 0 Å². The number of rotatable bonds is 1. The van der Waals surface area contributed by atoms with Crippen molar-refractivity contribution in [2.45, 2.75) is 6.04 Å². The quantitative estimate of drug-likeness (QED) is 0.749. The number of anilines is 1. The van der Waals surface area contributed by atoms with E-state index in [1.807, 2.05) is 43.4 Å². The maximum absolute atomic E-state index is 6.35. The zero-order valence-electron chi connectivity index (χ0n) is 10.0. The number of fused-ring (bicyclic) bond motifs is 1. The molecule has 0 fully saturated rings. The third-order valence-corrected chi connectivity index (χ3v) is 3.51. The van der Waals surface area contributed by atoms with E-state index in [0.29, 0.717) is 5.17 Å². The van der Waals surface area contributed by atoms with Gasteiger partial charge in [-0.3, -0.25) is 0 Å². The third kappa shape index (κ3) is 1.79. The Kier molecular flexibility index (Phi) is 2.80. The van der Waals surface area contributed by atoms with Crippen LogP contribution in [0.25, 0.3) is 0 Å². The average molecular weight is 257 g/mol. The third-order valence-electron chi connectivity index (χ3n) is 3.22. The first-order valence-corrected chi connectivity index (χ1v) is 6.26. The molecule has 0 N–H and O–H groups in total. The molecule has 0 radical (unpaired) electrons. The van der Waals surface area contributed by atoms with Gasteiger partial charge in [-0.05, 0) is 17.7 Å². The van der Waals surface area contributed by atoms with E-state index >= 15 is 0 Å². The van der Waals surface area contributed by atoms with Crippen LogP contribution in [0.2, 0.25) is 0 Å². The van der Waals surface area contributed by atoms with E-state index < -0.39 is 0 Å². The number of hydrogen-bond donors (Lipinski definition) is 0. The van der Waals surface area contributed by atoms with Crippen LogP contribution >= 0.6 is 11.6 Å². The van der Waals surface area contributed by atoms with Crippen LogP contribution in [0.15, 0.2) is 59.6 Å². The van der Waals surface area contributed by atoms with Gasteiger partial charge in [0.05, 0.1) is 11.4 Å². The van der Waals surface area contributed by atoms with Crippen LogP contribution in [0.5, 0.6) is 0 Å². The minimum Gasteiger partial charge on any atom is -0.359 e. The van der Waals surface area contributed by atoms with Crippen molar-refractivity contribution in [3.05, 3.63) is 60.2 Å². The highest BCUT2D eigenvalue weighted by Gasteiger charge is 2.27. The summed E-state index contributed by atoms with van der Waals surface area (Å²) < 4.78 is 0. The lowest BCUT2D eigenvalue weighted by Crippen LogP contribution is -2.30. The van der Waals surface area contributed by atoms with Crippen molar-refractivity contribution in [3.63, 3.8) is 0 Å². The summed E-state index contributed by atoms with van der Waals surface area (Å²) in [6, 6.07) is 18.2. The van der Waals surface area contributed by atoms with Crippen LogP contribution in [0, 0.1) is 0 Å². The molecule has 1 aliphatic heterocycles. The standard InChI is InChI=1S/C15H13ClN2/c1-18-13-10-6-5-9-12(13)17-15(16)14(18)11-7-3-2-4-8-11/h2-10,14H,1H3. The summed E-state index contributed by atoms with van der Waals surface area (Å²) in [4.78, 5) is 6.66. The Labute approximate surface area is 112 Å². The lowest BCUT2D eigenvalue weighted by atomic mass is 10.0. The molecule has 0 amide bonds. The highest BCUT2D eigenvalue weighted by molar-refractivity contribution is 6.67. The Morgan fingerprint density at radius 1 is 1.00 bits per heavy atom. The molecule has 90 valence electrons. The van der Waals surface area contributed by atoms with Crippen LogP contribution in [0.4, 0.5) is 11.4 Å². The lowest BCUT2D eigenvalue weighted by molar-refractivity contribution is 0.845. The Morgan fingerprint density at radius 3 is 2.44 bits per heavy atom. The number of benzene rings is 2. The molecule has 0 aromatic heterocycles. The Bertz CT molecular complexity index is 592. The van der Waals surface area contributed by atoms with E-state index in [-0.39, 0.29) is 6.04 Å². The molecule has 0 spiro atoms. The second-order valence-electron chi connectivity index (χ2n) is 4.35. The molecule has 0 saturated carbocycles. The first kappa shape index (κ1) is 11.3. The Hall–Kier alpha value is -1.80. The van der Waals surface area contributed by atoms with Gasteiger partial charge in [0.1, 0.15) is 11.2 Å². The minimum absolute atomic E-state index is 0.00256. The molecule has 1 heterocycles. The molecule has 0 aliphatic carbocycles. The van der Waals surface area contributed by atoms with Gasteiger partial charge < -0.3 is 4.90 Å². The zero-order chi connectivity index (χ0) is 12.5. The van der Waals surface area contributed by atoms with E-state index in [2.05, 4.69) is 28.1 Å². The van der Waals surface area contributed by atoms with Gasteiger partial charge in [0.25, 0.3) is 0 Å². The fourth-order valence-corrected chi connectivity index (χ4v) is 2.69. The molecule has 1 aliphatic rings. The van der Waals surface area contributed by atoms with Gasteiger partial charge in [0.15, 0.2) is 0 Å². The van der Waals surface area contributed by atoms with Crippen molar-refractivity contribution >= 4 is 28.1 Å². The maximum atomic E-state index is 6.35. The molecule has 0 bridgehead atoms. The smallest absolute Gasteiger partial charge is 0.134 e. The first-order chi connectivity index (χ1) is 8.77. The summed E-state index contributed by atoms with van der Waals surface area (Å²) in [5.74, 6) is 0. The van der Waals surface area contributed by atoms with E-state index in [0.717, 1.165) is 16.9 Å². The summed E-state index contributed by atoms with van der Waals surface area (Å²) in [5, 5.41) is 0.613. The maximum Gasteiger partial charge on any atom is 0.134 e. The number of nitrogens with zero attached hydrogens (tertiary/aromatic N) is 2. The van der Waals surface area contributed by atoms with Gasteiger partial charge in [-0.15, -0.1) is 0 Å². The Balaban J connectivity index is 2.10. The van der Waals surface area contributed by atoms with Gasteiger partial charge in [0.2, 0.25) is 0 Å². The molecule has 3 heteroatoms. The predicted octanol–water partition coefficient (Wildman–Crippen LogP) is 4.15. The van der Waals surface area contributed by atoms with E-state index in [1.54, 1.807) is 0 Å². The van der Waals surface area contributed by atoms with Crippen LogP contribution in [0.1, 0.15) is 11.6 Å². The Morgan fingerprint density at radius 2 is 1.67 bits per heavy atom. The molecular weight excluding hydrogens is 244 g/mol. The summed E-state index contributed by atoms with van der Waals surface area (Å²) in [6.45, 7) is 0. The molecule has 2 nitrogen and oxygen atoms in total. The molecule has 0 saturated heterocycles. The molecule has 18 heavy (non-hydrogen) atoms. The fraction of sp³-hybridized carbons (Fsp3) is 0.133. The van der Waals surface area contributed by atoms with E-state index in [1.165, 1.54) is 0 Å². The van der Waals surface area contributed by atoms with Crippen molar-refractivity contribution in [2.24, 2.45) is 4.99 Å². The van der Waals surface area contributed by atoms with Gasteiger partial charge >= 0.3 is 0 Å². The molecule has 2 aromatic rings. The van der Waals surface area contributed by atoms with Crippen LogP contribution in [-0.4, -0.2) is 12.2 Å². The topological polar surface area (TPSA) is 15.6 Å². The number of halogens is 1. The molecular formula is C15H13ClN2. The van der Waals surface area contributed by atoms with Crippen LogP contribution < -0.4 is 4.90 Å². The van der Waals surface area contributed by atoms with Gasteiger partial charge in [-0.1, -0.05) is 54.1 Å². The normalized spacial score (nSPS) is 18.2. The number of hydrogen-bond acceptors (Lipinski definition) is 2. The van der Waals surface area contributed by atoms with Crippen LogP contribution in [0.3, 0.4) is 0 Å². The minimum atomic E-state index is 0.00256.